The molecule has 4 rings (SSSR count). The summed E-state index contributed by atoms with van der Waals surface area (Å²) in [6.07, 6.45) is 0.496. The van der Waals surface area contributed by atoms with E-state index in [2.05, 4.69) is 37.6 Å². The van der Waals surface area contributed by atoms with Crippen molar-refractivity contribution in [2.75, 3.05) is 0 Å². The standard InChI is InChI=1S/C23H21N7O2/c1-3-5-10-20-26-30(21(31)4-2)23(32)29(20)15-16-11-13-17(14-12-16)18-8-6-7-9-19(18)22-24-27-28-25-22/h6-9,11-14H,4,10,15H2,1-2H3,(H,24,25,27,28). The molecule has 2 heterocycles. The largest absolute Gasteiger partial charge is 0.353 e. The van der Waals surface area contributed by atoms with Crippen LogP contribution in [0.4, 0.5) is 0 Å². The Kier molecular flexibility index (Phi) is 6.03. The van der Waals surface area contributed by atoms with E-state index in [9.17, 15) is 9.59 Å². The molecule has 0 fully saturated rings. The van der Waals surface area contributed by atoms with E-state index in [1.165, 1.54) is 4.57 Å². The van der Waals surface area contributed by atoms with Gasteiger partial charge in [-0.25, -0.2) is 4.79 Å². The number of carbonyl (C=O) groups is 1. The van der Waals surface area contributed by atoms with Crippen LogP contribution in [0.1, 0.15) is 36.5 Å². The van der Waals surface area contributed by atoms with Gasteiger partial charge in [0.25, 0.3) is 5.91 Å². The third-order valence-corrected chi connectivity index (χ3v) is 5.02. The van der Waals surface area contributed by atoms with Crippen molar-refractivity contribution in [1.82, 2.24) is 35.0 Å². The van der Waals surface area contributed by atoms with Gasteiger partial charge in [-0.2, -0.15) is 5.21 Å². The molecule has 0 unspecified atom stereocenters. The minimum absolute atomic E-state index is 0.199. The van der Waals surface area contributed by atoms with Gasteiger partial charge in [0.1, 0.15) is 5.82 Å². The molecule has 0 spiro atoms. The lowest BCUT2D eigenvalue weighted by atomic mass is 9.98. The number of nitrogens with one attached hydrogen (secondary N) is 1. The summed E-state index contributed by atoms with van der Waals surface area (Å²) in [5, 5.41) is 18.5. The van der Waals surface area contributed by atoms with Crippen molar-refractivity contribution in [2.24, 2.45) is 0 Å². The lowest BCUT2D eigenvalue weighted by Gasteiger charge is -2.09. The normalized spacial score (nSPS) is 10.6. The molecule has 0 bridgehead atoms. The average Bonchev–Trinajstić information content (AvgIpc) is 3.47. The minimum Gasteiger partial charge on any atom is -0.273 e. The maximum atomic E-state index is 12.8. The van der Waals surface area contributed by atoms with Crippen LogP contribution in [-0.4, -0.2) is 40.9 Å². The Balaban J connectivity index is 1.66. The fourth-order valence-electron chi connectivity index (χ4n) is 3.38. The van der Waals surface area contributed by atoms with E-state index in [0.29, 0.717) is 24.6 Å². The van der Waals surface area contributed by atoms with E-state index in [-0.39, 0.29) is 12.3 Å². The van der Waals surface area contributed by atoms with Crippen LogP contribution in [0.2, 0.25) is 0 Å². The topological polar surface area (TPSA) is 111 Å². The van der Waals surface area contributed by atoms with Gasteiger partial charge in [0.15, 0.2) is 0 Å². The molecular weight excluding hydrogens is 406 g/mol. The Morgan fingerprint density at radius 1 is 1.09 bits per heavy atom. The summed E-state index contributed by atoms with van der Waals surface area (Å²) < 4.78 is 2.43. The first-order chi connectivity index (χ1) is 15.6. The first-order valence-electron chi connectivity index (χ1n) is 10.2. The van der Waals surface area contributed by atoms with E-state index >= 15 is 0 Å². The third kappa shape index (κ3) is 4.11. The Labute approximate surface area is 184 Å². The van der Waals surface area contributed by atoms with Crippen molar-refractivity contribution >= 4 is 5.91 Å². The number of hydrogen-bond donors (Lipinski definition) is 1. The van der Waals surface area contributed by atoms with Gasteiger partial charge in [0, 0.05) is 12.0 Å². The number of rotatable bonds is 6. The van der Waals surface area contributed by atoms with E-state index in [4.69, 9.17) is 0 Å². The quantitative estimate of drug-likeness (QED) is 0.474. The van der Waals surface area contributed by atoms with Gasteiger partial charge < -0.3 is 0 Å². The molecule has 0 atom stereocenters. The second-order valence-corrected chi connectivity index (χ2v) is 7.03. The molecule has 0 radical (unpaired) electrons. The molecule has 4 aromatic rings. The number of nitrogens with zero attached hydrogens (tertiary/aromatic N) is 6. The van der Waals surface area contributed by atoms with Crippen LogP contribution >= 0.6 is 0 Å². The zero-order valence-electron chi connectivity index (χ0n) is 17.7. The van der Waals surface area contributed by atoms with Crippen LogP contribution in [-0.2, 0) is 13.0 Å². The molecule has 32 heavy (non-hydrogen) atoms. The Morgan fingerprint density at radius 2 is 1.84 bits per heavy atom. The van der Waals surface area contributed by atoms with Gasteiger partial charge in [-0.1, -0.05) is 61.4 Å². The molecule has 160 valence electrons. The molecule has 0 aliphatic rings. The van der Waals surface area contributed by atoms with Crippen molar-refractivity contribution in [3.63, 3.8) is 0 Å². The summed E-state index contributed by atoms with van der Waals surface area (Å²) in [6, 6.07) is 15.7. The van der Waals surface area contributed by atoms with Gasteiger partial charge in [0.05, 0.1) is 13.0 Å². The van der Waals surface area contributed by atoms with Crippen LogP contribution in [0, 0.1) is 11.8 Å². The zero-order chi connectivity index (χ0) is 22.5. The summed E-state index contributed by atoms with van der Waals surface area (Å²) in [7, 11) is 0. The number of carbonyl (C=O) groups excluding carboxylic acids is 1. The predicted octanol–water partition coefficient (Wildman–Crippen LogP) is 2.56. The van der Waals surface area contributed by atoms with Gasteiger partial charge in [-0.3, -0.25) is 9.36 Å². The summed E-state index contributed by atoms with van der Waals surface area (Å²) in [5.41, 5.74) is 3.27. The van der Waals surface area contributed by atoms with Gasteiger partial charge in [0.2, 0.25) is 5.82 Å². The highest BCUT2D eigenvalue weighted by molar-refractivity contribution is 5.80. The molecule has 9 heteroatoms. The second-order valence-electron chi connectivity index (χ2n) is 7.03. The Hall–Kier alpha value is -4.32. The number of aromatic nitrogens is 7. The van der Waals surface area contributed by atoms with Crippen molar-refractivity contribution in [3.05, 3.63) is 70.4 Å². The van der Waals surface area contributed by atoms with Crippen LogP contribution < -0.4 is 5.69 Å². The fraction of sp³-hybridized carbons (Fsp3) is 0.217. The lowest BCUT2D eigenvalue weighted by molar-refractivity contribution is 0.0887. The van der Waals surface area contributed by atoms with Gasteiger partial charge >= 0.3 is 5.69 Å². The van der Waals surface area contributed by atoms with Gasteiger partial charge in [-0.15, -0.1) is 25.9 Å². The maximum absolute atomic E-state index is 12.8. The maximum Gasteiger partial charge on any atom is 0.353 e. The highest BCUT2D eigenvalue weighted by Gasteiger charge is 2.17. The van der Waals surface area contributed by atoms with Crippen LogP contribution in [0.5, 0.6) is 0 Å². The molecule has 0 aliphatic carbocycles. The van der Waals surface area contributed by atoms with Gasteiger partial charge in [-0.05, 0) is 28.8 Å². The molecule has 1 N–H and O–H groups in total. The van der Waals surface area contributed by atoms with Crippen LogP contribution in [0.3, 0.4) is 0 Å². The van der Waals surface area contributed by atoms with E-state index in [0.717, 1.165) is 26.9 Å². The SMILES string of the molecule is CC#CCc1nn(C(=O)CC)c(=O)n1Cc1ccc(-c2ccccc2-c2nn[nH]n2)cc1. The van der Waals surface area contributed by atoms with Crippen LogP contribution in [0.15, 0.2) is 53.3 Å². The van der Waals surface area contributed by atoms with Crippen molar-refractivity contribution < 1.29 is 4.79 Å². The summed E-state index contributed by atoms with van der Waals surface area (Å²) in [6.45, 7) is 3.72. The highest BCUT2D eigenvalue weighted by atomic mass is 16.2. The van der Waals surface area contributed by atoms with Crippen molar-refractivity contribution in [1.29, 1.82) is 0 Å². The Morgan fingerprint density at radius 3 is 2.50 bits per heavy atom. The molecule has 0 saturated heterocycles. The van der Waals surface area contributed by atoms with Crippen LogP contribution in [0.25, 0.3) is 22.5 Å². The zero-order valence-corrected chi connectivity index (χ0v) is 17.7. The summed E-state index contributed by atoms with van der Waals surface area (Å²) in [5.74, 6) is 6.38. The average molecular weight is 427 g/mol. The molecular formula is C23H21N7O2. The number of tetrazole rings is 1. The molecule has 2 aromatic heterocycles. The number of hydrogen-bond acceptors (Lipinski definition) is 6. The third-order valence-electron chi connectivity index (χ3n) is 5.02. The molecule has 2 aromatic carbocycles. The second kappa shape index (κ2) is 9.22. The first-order valence-corrected chi connectivity index (χ1v) is 10.2. The van der Waals surface area contributed by atoms with E-state index in [1.807, 2.05) is 48.5 Å². The number of H-pyrrole nitrogens is 1. The summed E-state index contributed by atoms with van der Waals surface area (Å²) in [4.78, 5) is 24.9. The lowest BCUT2D eigenvalue weighted by Crippen LogP contribution is -2.30. The van der Waals surface area contributed by atoms with E-state index in [1.54, 1.807) is 13.8 Å². The number of benzene rings is 2. The van der Waals surface area contributed by atoms with Crippen molar-refractivity contribution in [2.45, 2.75) is 33.2 Å². The molecule has 0 saturated carbocycles. The number of aromatic amines is 1. The molecule has 9 nitrogen and oxygen atoms in total. The monoisotopic (exact) mass is 427 g/mol. The predicted molar refractivity (Wildman–Crippen MR) is 119 cm³/mol. The summed E-state index contributed by atoms with van der Waals surface area (Å²) >= 11 is 0. The first kappa shape index (κ1) is 20.9. The minimum atomic E-state index is -0.448. The molecule has 0 amide bonds. The Bertz CT molecular complexity index is 1350. The molecule has 0 aliphatic heterocycles. The van der Waals surface area contributed by atoms with E-state index < -0.39 is 5.69 Å². The smallest absolute Gasteiger partial charge is 0.273 e. The fourth-order valence-corrected chi connectivity index (χ4v) is 3.38. The van der Waals surface area contributed by atoms with Crippen molar-refractivity contribution in [3.8, 4) is 34.4 Å². The highest BCUT2D eigenvalue weighted by Crippen LogP contribution is 2.29.